The molecule has 2 unspecified atom stereocenters. The highest BCUT2D eigenvalue weighted by molar-refractivity contribution is 5.84. The van der Waals surface area contributed by atoms with Gasteiger partial charge in [0.05, 0.1) is 0 Å². The maximum atomic E-state index is 13.6. The van der Waals surface area contributed by atoms with Crippen LogP contribution in [0, 0.1) is 13.8 Å². The van der Waals surface area contributed by atoms with Crippen molar-refractivity contribution < 1.29 is 4.79 Å². The Bertz CT molecular complexity index is 1090. The lowest BCUT2D eigenvalue weighted by atomic mass is 9.75. The number of hydrogen-bond acceptors (Lipinski definition) is 1. The molecule has 0 spiro atoms. The fourth-order valence-electron chi connectivity index (χ4n) is 7.42. The quantitative estimate of drug-likeness (QED) is 0.363. The fraction of sp³-hybridized carbons (Fsp3) is 0.629. The average Bonchev–Trinajstić information content (AvgIpc) is 3.36. The molecular formula is C35H50O. The minimum absolute atomic E-state index is 0.282. The molecule has 1 nitrogen and oxygen atoms in total. The highest BCUT2D eigenvalue weighted by Crippen LogP contribution is 2.48. The summed E-state index contributed by atoms with van der Waals surface area (Å²) in [7, 11) is 0. The van der Waals surface area contributed by atoms with Crippen molar-refractivity contribution in [3.63, 3.8) is 0 Å². The van der Waals surface area contributed by atoms with Gasteiger partial charge in [0.1, 0.15) is 5.78 Å². The number of rotatable bonds is 8. The smallest absolute Gasteiger partial charge is 0.141 e. The Kier molecular flexibility index (Phi) is 7.37. The van der Waals surface area contributed by atoms with Crippen LogP contribution in [0.2, 0.25) is 0 Å². The molecule has 0 fully saturated rings. The van der Waals surface area contributed by atoms with Crippen LogP contribution >= 0.6 is 0 Å². The van der Waals surface area contributed by atoms with Crippen LogP contribution in [0.5, 0.6) is 0 Å². The summed E-state index contributed by atoms with van der Waals surface area (Å²) in [6.45, 7) is 23.4. The largest absolute Gasteiger partial charge is 0.299 e. The lowest BCUT2D eigenvalue weighted by Gasteiger charge is -2.29. The molecule has 2 aromatic carbocycles. The third-order valence-electron chi connectivity index (χ3n) is 10.3. The van der Waals surface area contributed by atoms with Crippen molar-refractivity contribution in [3.8, 4) is 0 Å². The first kappa shape index (κ1) is 27.2. The van der Waals surface area contributed by atoms with Crippen molar-refractivity contribution in [1.29, 1.82) is 0 Å². The second-order valence-corrected chi connectivity index (χ2v) is 13.2. The number of carbonyl (C=O) groups excluding carboxylic acids is 1. The summed E-state index contributed by atoms with van der Waals surface area (Å²) < 4.78 is 0. The van der Waals surface area contributed by atoms with Crippen molar-refractivity contribution >= 4 is 5.78 Å². The first-order chi connectivity index (χ1) is 16.9. The van der Waals surface area contributed by atoms with E-state index < -0.39 is 0 Å². The summed E-state index contributed by atoms with van der Waals surface area (Å²) in [4.78, 5) is 13.6. The SMILES string of the molecule is CCC1(C)CCc2c(C)c(CC(=O)Cc3cc(C(C)C)c4c(c3C)CCC4(C)CC)cc(C(C)C)c21. The Labute approximate surface area is 221 Å². The summed E-state index contributed by atoms with van der Waals surface area (Å²) in [5.74, 6) is 1.33. The first-order valence-corrected chi connectivity index (χ1v) is 14.7. The van der Waals surface area contributed by atoms with E-state index in [0.29, 0.717) is 30.5 Å². The Morgan fingerprint density at radius 1 is 0.750 bits per heavy atom. The zero-order chi connectivity index (χ0) is 26.6. The molecule has 36 heavy (non-hydrogen) atoms. The third kappa shape index (κ3) is 4.39. The Balaban J connectivity index is 1.68. The van der Waals surface area contributed by atoms with Gasteiger partial charge in [0.25, 0.3) is 0 Å². The zero-order valence-electron chi connectivity index (χ0n) is 24.9. The molecular weight excluding hydrogens is 436 g/mol. The van der Waals surface area contributed by atoms with Crippen LogP contribution in [-0.4, -0.2) is 5.78 Å². The minimum Gasteiger partial charge on any atom is -0.299 e. The second-order valence-electron chi connectivity index (χ2n) is 13.2. The van der Waals surface area contributed by atoms with Gasteiger partial charge in [-0.2, -0.15) is 0 Å². The van der Waals surface area contributed by atoms with Crippen LogP contribution in [-0.2, 0) is 41.3 Å². The summed E-state index contributed by atoms with van der Waals surface area (Å²) in [5.41, 5.74) is 15.1. The number of Topliss-reactive ketones (excluding diaryl/α,β-unsaturated/α-hetero) is 1. The predicted octanol–water partition coefficient (Wildman–Crippen LogP) is 9.13. The van der Waals surface area contributed by atoms with E-state index in [9.17, 15) is 4.79 Å². The number of fused-ring (bicyclic) bond motifs is 2. The third-order valence-corrected chi connectivity index (χ3v) is 10.3. The molecule has 4 rings (SSSR count). The van der Waals surface area contributed by atoms with Crippen LogP contribution < -0.4 is 0 Å². The molecule has 2 aromatic rings. The monoisotopic (exact) mass is 486 g/mol. The summed E-state index contributed by atoms with van der Waals surface area (Å²) in [6.07, 6.45) is 8.27. The van der Waals surface area contributed by atoms with Crippen molar-refractivity contribution in [2.24, 2.45) is 0 Å². The van der Waals surface area contributed by atoms with Crippen LogP contribution in [0.4, 0.5) is 0 Å². The average molecular weight is 487 g/mol. The van der Waals surface area contributed by atoms with Crippen molar-refractivity contribution in [1.82, 2.24) is 0 Å². The molecule has 0 amide bonds. The van der Waals surface area contributed by atoms with Gasteiger partial charge >= 0.3 is 0 Å². The van der Waals surface area contributed by atoms with Crippen molar-refractivity contribution in [2.45, 2.75) is 143 Å². The number of ketones is 1. The lowest BCUT2D eigenvalue weighted by molar-refractivity contribution is -0.117. The van der Waals surface area contributed by atoms with Crippen LogP contribution in [0.15, 0.2) is 12.1 Å². The molecule has 0 radical (unpaired) electrons. The van der Waals surface area contributed by atoms with Crippen LogP contribution in [0.1, 0.15) is 149 Å². The van der Waals surface area contributed by atoms with Crippen LogP contribution in [0.3, 0.4) is 0 Å². The Morgan fingerprint density at radius 3 is 1.42 bits per heavy atom. The van der Waals surface area contributed by atoms with Gasteiger partial charge in [0, 0.05) is 12.8 Å². The van der Waals surface area contributed by atoms with E-state index in [-0.39, 0.29) is 10.8 Å². The van der Waals surface area contributed by atoms with E-state index in [0.717, 1.165) is 12.8 Å². The topological polar surface area (TPSA) is 17.1 Å². The molecule has 1 heteroatoms. The van der Waals surface area contributed by atoms with E-state index in [2.05, 4.69) is 81.4 Å². The molecule has 0 saturated heterocycles. The van der Waals surface area contributed by atoms with E-state index >= 15 is 0 Å². The molecule has 2 aliphatic carbocycles. The summed E-state index contributed by atoms with van der Waals surface area (Å²) in [5, 5.41) is 0. The molecule has 0 N–H and O–H groups in total. The number of carbonyl (C=O) groups is 1. The van der Waals surface area contributed by atoms with Gasteiger partial charge in [-0.15, -0.1) is 0 Å². The fourth-order valence-corrected chi connectivity index (χ4v) is 7.42. The van der Waals surface area contributed by atoms with Gasteiger partial charge in [-0.1, -0.05) is 67.5 Å². The standard InChI is InChI=1S/C35H50O/c1-11-34(9)15-13-28-23(7)25(19-30(21(3)4)32(28)34)17-27(36)18-26-20-31(22(5)6)33-29(24(26)8)14-16-35(33,10)12-2/h19-22H,11-18H2,1-10H3. The molecule has 196 valence electrons. The summed E-state index contributed by atoms with van der Waals surface area (Å²) >= 11 is 0. The minimum atomic E-state index is 0.282. The van der Waals surface area contributed by atoms with E-state index in [1.54, 1.807) is 22.3 Å². The Hall–Kier alpha value is -1.89. The molecule has 0 saturated carbocycles. The van der Waals surface area contributed by atoms with Crippen molar-refractivity contribution in [3.05, 3.63) is 67.8 Å². The van der Waals surface area contributed by atoms with Gasteiger partial charge < -0.3 is 0 Å². The first-order valence-electron chi connectivity index (χ1n) is 14.7. The molecule has 2 aliphatic rings. The van der Waals surface area contributed by atoms with Crippen LogP contribution in [0.25, 0.3) is 0 Å². The van der Waals surface area contributed by atoms with Gasteiger partial charge in [-0.3, -0.25) is 4.79 Å². The molecule has 0 heterocycles. The molecule has 0 bridgehead atoms. The molecule has 0 aliphatic heterocycles. The Morgan fingerprint density at radius 2 is 1.11 bits per heavy atom. The van der Waals surface area contributed by atoms with E-state index in [4.69, 9.17) is 0 Å². The lowest BCUT2D eigenvalue weighted by Crippen LogP contribution is -2.21. The molecule has 2 atom stereocenters. The van der Waals surface area contributed by atoms with E-state index in [1.807, 2.05) is 0 Å². The predicted molar refractivity (Wildman–Crippen MR) is 155 cm³/mol. The van der Waals surface area contributed by atoms with Gasteiger partial charge in [-0.05, 0) is 131 Å². The normalized spacial score (nSPS) is 23.0. The van der Waals surface area contributed by atoms with Gasteiger partial charge in [-0.25, -0.2) is 0 Å². The number of benzene rings is 2. The second kappa shape index (κ2) is 9.77. The number of hydrogen-bond donors (Lipinski definition) is 0. The van der Waals surface area contributed by atoms with Gasteiger partial charge in [0.2, 0.25) is 0 Å². The molecule has 0 aromatic heterocycles. The zero-order valence-corrected chi connectivity index (χ0v) is 24.9. The highest BCUT2D eigenvalue weighted by atomic mass is 16.1. The maximum Gasteiger partial charge on any atom is 0.141 e. The van der Waals surface area contributed by atoms with Gasteiger partial charge in [0.15, 0.2) is 0 Å². The van der Waals surface area contributed by atoms with Crippen molar-refractivity contribution in [2.75, 3.05) is 0 Å². The highest BCUT2D eigenvalue weighted by Gasteiger charge is 2.38. The van der Waals surface area contributed by atoms with E-state index in [1.165, 1.54) is 59.1 Å². The summed E-state index contributed by atoms with van der Waals surface area (Å²) in [6, 6.07) is 4.80. The maximum absolute atomic E-state index is 13.6.